The second-order valence-corrected chi connectivity index (χ2v) is 9.13. The number of para-hydroxylation sites is 1. The lowest BCUT2D eigenvalue weighted by molar-refractivity contribution is 0.0956. The third-order valence-corrected chi connectivity index (χ3v) is 6.24. The number of carbonyl (C=O) groups excluding carboxylic acids is 1. The highest BCUT2D eigenvalue weighted by Crippen LogP contribution is 2.29. The first kappa shape index (κ1) is 25.9. The number of aromatic nitrogens is 1. The number of halogens is 1. The summed E-state index contributed by atoms with van der Waals surface area (Å²) in [4.78, 5) is 17.9. The molecule has 0 unspecified atom stereocenters. The third-order valence-electron chi connectivity index (χ3n) is 5.99. The van der Waals surface area contributed by atoms with Crippen molar-refractivity contribution in [1.29, 1.82) is 0 Å². The van der Waals surface area contributed by atoms with Gasteiger partial charge in [-0.2, -0.15) is 5.10 Å². The number of ether oxygens (including phenoxy) is 2. The van der Waals surface area contributed by atoms with Crippen LogP contribution in [0, 0.1) is 0 Å². The average Bonchev–Trinajstić information content (AvgIpc) is 2.97. The minimum Gasteiger partial charge on any atom is -0.490 e. The molecule has 1 aromatic heterocycles. The van der Waals surface area contributed by atoms with Crippen LogP contribution in [0.15, 0.2) is 108 Å². The Kier molecular flexibility index (Phi) is 8.15. The zero-order valence-electron chi connectivity index (χ0n) is 21.3. The number of nitrogens with one attached hydrogen (secondary N) is 1. The SMILES string of the molecule is CCOc1cc(/C=N/NC(=O)c2cc(-c3ccccc3)nc3ccccc23)ccc1OCc1ccc(Cl)cc1. The molecule has 0 bridgehead atoms. The lowest BCUT2D eigenvalue weighted by Crippen LogP contribution is -2.18. The first-order valence-corrected chi connectivity index (χ1v) is 12.9. The topological polar surface area (TPSA) is 72.8 Å². The van der Waals surface area contributed by atoms with Crippen LogP contribution in [-0.4, -0.2) is 23.7 Å². The molecule has 0 spiro atoms. The van der Waals surface area contributed by atoms with Gasteiger partial charge in [-0.1, -0.05) is 72.3 Å². The van der Waals surface area contributed by atoms with E-state index >= 15 is 0 Å². The molecule has 1 N–H and O–H groups in total. The zero-order valence-corrected chi connectivity index (χ0v) is 22.1. The fourth-order valence-electron chi connectivity index (χ4n) is 4.08. The van der Waals surface area contributed by atoms with Gasteiger partial charge >= 0.3 is 0 Å². The van der Waals surface area contributed by atoms with Crippen LogP contribution < -0.4 is 14.9 Å². The van der Waals surface area contributed by atoms with Crippen molar-refractivity contribution < 1.29 is 14.3 Å². The Bertz CT molecular complexity index is 1620. The van der Waals surface area contributed by atoms with E-state index < -0.39 is 0 Å². The van der Waals surface area contributed by atoms with Crippen molar-refractivity contribution in [2.75, 3.05) is 6.61 Å². The molecule has 0 aliphatic carbocycles. The number of hydrogen-bond donors (Lipinski definition) is 1. The normalized spacial score (nSPS) is 11.0. The van der Waals surface area contributed by atoms with E-state index in [2.05, 4.69) is 10.5 Å². The molecule has 4 aromatic carbocycles. The zero-order chi connectivity index (χ0) is 27.0. The summed E-state index contributed by atoms with van der Waals surface area (Å²) < 4.78 is 11.8. The number of amides is 1. The quantitative estimate of drug-likeness (QED) is 0.159. The van der Waals surface area contributed by atoms with Crippen LogP contribution in [0.1, 0.15) is 28.4 Å². The van der Waals surface area contributed by atoms with Gasteiger partial charge in [-0.3, -0.25) is 4.79 Å². The molecule has 1 heterocycles. The van der Waals surface area contributed by atoms with E-state index in [9.17, 15) is 4.79 Å². The number of rotatable bonds is 9. The molecule has 5 rings (SSSR count). The number of nitrogens with zero attached hydrogens (tertiary/aromatic N) is 2. The average molecular weight is 536 g/mol. The summed E-state index contributed by atoms with van der Waals surface area (Å²) in [6.07, 6.45) is 1.57. The van der Waals surface area contributed by atoms with E-state index in [0.29, 0.717) is 35.3 Å². The third kappa shape index (κ3) is 6.43. The molecule has 0 aliphatic heterocycles. The molecule has 0 saturated heterocycles. The van der Waals surface area contributed by atoms with Crippen molar-refractivity contribution in [2.45, 2.75) is 13.5 Å². The van der Waals surface area contributed by atoms with E-state index in [1.54, 1.807) is 12.3 Å². The molecule has 5 aromatic rings. The lowest BCUT2D eigenvalue weighted by Gasteiger charge is -2.13. The second kappa shape index (κ2) is 12.2. The van der Waals surface area contributed by atoms with Crippen LogP contribution in [0.3, 0.4) is 0 Å². The predicted octanol–water partition coefficient (Wildman–Crippen LogP) is 7.30. The van der Waals surface area contributed by atoms with Crippen molar-refractivity contribution in [3.63, 3.8) is 0 Å². The minimum absolute atomic E-state index is 0.324. The van der Waals surface area contributed by atoms with E-state index in [4.69, 9.17) is 26.1 Å². The molecule has 0 atom stereocenters. The van der Waals surface area contributed by atoms with Gasteiger partial charge in [0.05, 0.1) is 29.6 Å². The highest BCUT2D eigenvalue weighted by atomic mass is 35.5. The molecule has 39 heavy (non-hydrogen) atoms. The number of fused-ring (bicyclic) bond motifs is 1. The maximum absolute atomic E-state index is 13.2. The molecule has 6 nitrogen and oxygen atoms in total. The number of pyridine rings is 1. The summed E-state index contributed by atoms with van der Waals surface area (Å²) >= 11 is 5.96. The van der Waals surface area contributed by atoms with Gasteiger partial charge in [0.15, 0.2) is 11.5 Å². The maximum Gasteiger partial charge on any atom is 0.272 e. The summed E-state index contributed by atoms with van der Waals surface area (Å²) in [7, 11) is 0. The first-order chi connectivity index (χ1) is 19.1. The molecular weight excluding hydrogens is 510 g/mol. The van der Waals surface area contributed by atoms with Crippen molar-refractivity contribution in [3.05, 3.63) is 125 Å². The number of hydrazone groups is 1. The van der Waals surface area contributed by atoms with E-state index in [1.807, 2.05) is 104 Å². The minimum atomic E-state index is -0.324. The monoisotopic (exact) mass is 535 g/mol. The van der Waals surface area contributed by atoms with E-state index in [0.717, 1.165) is 33.3 Å². The molecule has 0 fully saturated rings. The largest absolute Gasteiger partial charge is 0.490 e. The Morgan fingerprint density at radius 2 is 1.67 bits per heavy atom. The first-order valence-electron chi connectivity index (χ1n) is 12.5. The van der Waals surface area contributed by atoms with Crippen molar-refractivity contribution in [3.8, 4) is 22.8 Å². The summed E-state index contributed by atoms with van der Waals surface area (Å²) in [6, 6.07) is 32.1. The standard InChI is InChI=1S/C32H26ClN3O3/c1-2-38-31-18-23(14-17-30(31)39-21-22-12-15-25(33)16-13-22)20-34-36-32(37)27-19-29(24-8-4-3-5-9-24)35-28-11-7-6-10-26(27)28/h3-20H,2,21H2,1H3,(H,36,37)/b34-20+. The van der Waals surface area contributed by atoms with Crippen molar-refractivity contribution >= 4 is 34.6 Å². The van der Waals surface area contributed by atoms with Crippen molar-refractivity contribution in [1.82, 2.24) is 10.4 Å². The van der Waals surface area contributed by atoms with Crippen LogP contribution in [0.25, 0.3) is 22.2 Å². The Morgan fingerprint density at radius 3 is 2.46 bits per heavy atom. The fourth-order valence-corrected chi connectivity index (χ4v) is 4.21. The maximum atomic E-state index is 13.2. The van der Waals surface area contributed by atoms with Gasteiger partial charge in [0.1, 0.15) is 6.61 Å². The van der Waals surface area contributed by atoms with Crippen LogP contribution in [0.4, 0.5) is 0 Å². The summed E-state index contributed by atoms with van der Waals surface area (Å²) in [5.74, 6) is 0.883. The molecule has 1 amide bonds. The Hall–Kier alpha value is -4.68. The summed E-state index contributed by atoms with van der Waals surface area (Å²) in [5.41, 5.74) is 7.29. The number of hydrogen-bond acceptors (Lipinski definition) is 5. The number of carbonyl (C=O) groups is 1. The highest BCUT2D eigenvalue weighted by Gasteiger charge is 2.14. The van der Waals surface area contributed by atoms with Crippen LogP contribution >= 0.6 is 11.6 Å². The predicted molar refractivity (Wildman–Crippen MR) is 156 cm³/mol. The fraction of sp³-hybridized carbons (Fsp3) is 0.0938. The number of benzene rings is 4. The second-order valence-electron chi connectivity index (χ2n) is 8.69. The molecule has 0 radical (unpaired) electrons. The summed E-state index contributed by atoms with van der Waals surface area (Å²) in [6.45, 7) is 2.77. The van der Waals surface area contributed by atoms with E-state index in [-0.39, 0.29) is 5.91 Å². The van der Waals surface area contributed by atoms with Crippen LogP contribution in [0.2, 0.25) is 5.02 Å². The highest BCUT2D eigenvalue weighted by molar-refractivity contribution is 6.30. The molecule has 194 valence electrons. The smallest absolute Gasteiger partial charge is 0.272 e. The lowest BCUT2D eigenvalue weighted by atomic mass is 10.0. The Labute approximate surface area is 231 Å². The van der Waals surface area contributed by atoms with Crippen molar-refractivity contribution in [2.24, 2.45) is 5.10 Å². The molecule has 0 aliphatic rings. The van der Waals surface area contributed by atoms with Gasteiger partial charge in [0.2, 0.25) is 0 Å². The summed E-state index contributed by atoms with van der Waals surface area (Å²) in [5, 5.41) is 5.64. The van der Waals surface area contributed by atoms with Gasteiger partial charge in [0.25, 0.3) is 5.91 Å². The van der Waals surface area contributed by atoms with E-state index in [1.165, 1.54) is 0 Å². The van der Waals surface area contributed by atoms with Crippen LogP contribution in [0.5, 0.6) is 11.5 Å². The Balaban J connectivity index is 1.32. The molecule has 0 saturated carbocycles. The Morgan fingerprint density at radius 1 is 0.897 bits per heavy atom. The van der Waals surface area contributed by atoms with Gasteiger partial charge < -0.3 is 9.47 Å². The van der Waals surface area contributed by atoms with Gasteiger partial charge in [-0.15, -0.1) is 0 Å². The van der Waals surface area contributed by atoms with Crippen LogP contribution in [-0.2, 0) is 6.61 Å². The molecule has 7 heteroatoms. The van der Waals surface area contributed by atoms with Gasteiger partial charge in [-0.25, -0.2) is 10.4 Å². The van der Waals surface area contributed by atoms with Gasteiger partial charge in [-0.05, 0) is 60.5 Å². The van der Waals surface area contributed by atoms with Gasteiger partial charge in [0, 0.05) is 16.0 Å². The molecular formula is C32H26ClN3O3.